The van der Waals surface area contributed by atoms with Crippen LogP contribution in [0, 0.1) is 0 Å². The number of nitrogens with one attached hydrogen (secondary N) is 1. The van der Waals surface area contributed by atoms with Crippen molar-refractivity contribution in [3.63, 3.8) is 0 Å². The zero-order valence-electron chi connectivity index (χ0n) is 11.0. The maximum absolute atomic E-state index is 12.0. The number of phenols is 2. The van der Waals surface area contributed by atoms with Gasteiger partial charge in [0.05, 0.1) is 11.8 Å². The third-order valence-electron chi connectivity index (χ3n) is 2.84. The van der Waals surface area contributed by atoms with Crippen LogP contribution in [0.15, 0.2) is 30.6 Å². The number of benzene rings is 1. The average molecular weight is 291 g/mol. The van der Waals surface area contributed by atoms with Crippen molar-refractivity contribution < 1.29 is 24.9 Å². The van der Waals surface area contributed by atoms with Gasteiger partial charge in [0.15, 0.2) is 17.5 Å². The Morgan fingerprint density at radius 2 is 2.05 bits per heavy atom. The van der Waals surface area contributed by atoms with Crippen LogP contribution in [0.5, 0.6) is 11.5 Å². The number of aromatic hydroxyl groups is 2. The number of phenolic OH excluding ortho intramolecular Hbond substituents is 2. The Kier molecular flexibility index (Phi) is 3.79. The second kappa shape index (κ2) is 5.53. The van der Waals surface area contributed by atoms with Gasteiger partial charge in [-0.05, 0) is 12.1 Å². The summed E-state index contributed by atoms with van der Waals surface area (Å²) in [4.78, 5) is 23.3. The summed E-state index contributed by atoms with van der Waals surface area (Å²) in [5, 5.41) is 34.3. The van der Waals surface area contributed by atoms with Crippen LogP contribution in [-0.2, 0) is 11.8 Å². The standard InChI is InChI=1S/C13H13N3O5/c1-16-6-7(5-14-16)10(13(20)21)15-12(19)8-3-2-4-9(17)11(8)18/h2-6,10,17-18H,1H3,(H,15,19)(H,20,21). The fourth-order valence-electron chi connectivity index (χ4n) is 1.80. The van der Waals surface area contributed by atoms with Crippen LogP contribution >= 0.6 is 0 Å². The van der Waals surface area contributed by atoms with Crippen molar-refractivity contribution >= 4 is 11.9 Å². The maximum atomic E-state index is 12.0. The lowest BCUT2D eigenvalue weighted by Gasteiger charge is -2.13. The molecule has 1 unspecified atom stereocenters. The molecule has 0 fully saturated rings. The molecule has 1 atom stereocenters. The van der Waals surface area contributed by atoms with E-state index in [4.69, 9.17) is 0 Å². The van der Waals surface area contributed by atoms with Crippen LogP contribution in [0.1, 0.15) is 22.0 Å². The Labute approximate surface area is 119 Å². The van der Waals surface area contributed by atoms with E-state index in [1.165, 1.54) is 35.3 Å². The molecule has 0 saturated heterocycles. The van der Waals surface area contributed by atoms with Gasteiger partial charge in [-0.1, -0.05) is 6.07 Å². The van der Waals surface area contributed by atoms with Crippen molar-refractivity contribution in [1.29, 1.82) is 0 Å². The summed E-state index contributed by atoms with van der Waals surface area (Å²) < 4.78 is 1.41. The number of carbonyl (C=O) groups excluding carboxylic acids is 1. The summed E-state index contributed by atoms with van der Waals surface area (Å²) in [6.07, 6.45) is 2.78. The van der Waals surface area contributed by atoms with Crippen molar-refractivity contribution in [3.8, 4) is 11.5 Å². The topological polar surface area (TPSA) is 125 Å². The summed E-state index contributed by atoms with van der Waals surface area (Å²) >= 11 is 0. The Bertz CT molecular complexity index is 695. The third-order valence-corrected chi connectivity index (χ3v) is 2.84. The molecule has 1 aromatic heterocycles. The van der Waals surface area contributed by atoms with Gasteiger partial charge >= 0.3 is 5.97 Å². The second-order valence-corrected chi connectivity index (χ2v) is 4.37. The summed E-state index contributed by atoms with van der Waals surface area (Å²) in [7, 11) is 1.62. The molecule has 8 nitrogen and oxygen atoms in total. The SMILES string of the molecule is Cn1cc(C(NC(=O)c2cccc(O)c2O)C(=O)O)cn1. The molecule has 21 heavy (non-hydrogen) atoms. The molecule has 1 heterocycles. The number of amides is 1. The van der Waals surface area contributed by atoms with E-state index in [1.54, 1.807) is 7.05 Å². The predicted molar refractivity (Wildman–Crippen MR) is 70.8 cm³/mol. The molecule has 110 valence electrons. The van der Waals surface area contributed by atoms with Crippen LogP contribution in [0.3, 0.4) is 0 Å². The number of rotatable bonds is 4. The molecule has 0 aliphatic rings. The van der Waals surface area contributed by atoms with Gasteiger partial charge in [0.1, 0.15) is 0 Å². The minimum absolute atomic E-state index is 0.217. The highest BCUT2D eigenvalue weighted by atomic mass is 16.4. The third kappa shape index (κ3) is 2.94. The van der Waals surface area contributed by atoms with Gasteiger partial charge < -0.3 is 20.6 Å². The Morgan fingerprint density at radius 3 is 2.62 bits per heavy atom. The molecule has 1 aromatic carbocycles. The summed E-state index contributed by atoms with van der Waals surface area (Å²) in [5.74, 6) is -3.16. The average Bonchev–Trinajstić information content (AvgIpc) is 2.84. The highest BCUT2D eigenvalue weighted by Crippen LogP contribution is 2.28. The molecule has 0 radical (unpaired) electrons. The van der Waals surface area contributed by atoms with Crippen molar-refractivity contribution in [2.24, 2.45) is 7.05 Å². The van der Waals surface area contributed by atoms with Gasteiger partial charge in [-0.3, -0.25) is 9.48 Å². The van der Waals surface area contributed by atoms with Crippen LogP contribution in [0.25, 0.3) is 0 Å². The zero-order valence-corrected chi connectivity index (χ0v) is 11.0. The lowest BCUT2D eigenvalue weighted by molar-refractivity contribution is -0.139. The molecule has 2 aromatic rings. The highest BCUT2D eigenvalue weighted by Gasteiger charge is 2.25. The second-order valence-electron chi connectivity index (χ2n) is 4.37. The Morgan fingerprint density at radius 1 is 1.33 bits per heavy atom. The molecule has 0 bridgehead atoms. The fraction of sp³-hybridized carbons (Fsp3) is 0.154. The number of nitrogens with zero attached hydrogens (tertiary/aromatic N) is 2. The molecule has 0 aliphatic heterocycles. The van der Waals surface area contributed by atoms with Gasteiger partial charge in [0, 0.05) is 18.8 Å². The van der Waals surface area contributed by atoms with Gasteiger partial charge in [0.2, 0.25) is 0 Å². The number of hydrogen-bond donors (Lipinski definition) is 4. The van der Waals surface area contributed by atoms with E-state index >= 15 is 0 Å². The molecule has 8 heteroatoms. The number of aliphatic carboxylic acids is 1. The van der Waals surface area contributed by atoms with Crippen LogP contribution in [0.4, 0.5) is 0 Å². The van der Waals surface area contributed by atoms with E-state index in [0.29, 0.717) is 0 Å². The number of hydrogen-bond acceptors (Lipinski definition) is 5. The zero-order chi connectivity index (χ0) is 15.6. The number of aromatic nitrogens is 2. The largest absolute Gasteiger partial charge is 0.504 e. The molecule has 2 rings (SSSR count). The summed E-state index contributed by atoms with van der Waals surface area (Å²) in [5.41, 5.74) is 0.0723. The smallest absolute Gasteiger partial charge is 0.331 e. The number of carboxylic acids is 1. The van der Waals surface area contributed by atoms with E-state index in [2.05, 4.69) is 10.4 Å². The van der Waals surface area contributed by atoms with E-state index in [1.807, 2.05) is 0 Å². The normalized spacial score (nSPS) is 11.9. The minimum Gasteiger partial charge on any atom is -0.504 e. The lowest BCUT2D eigenvalue weighted by atomic mass is 10.1. The Balaban J connectivity index is 2.27. The van der Waals surface area contributed by atoms with Gasteiger partial charge in [-0.2, -0.15) is 5.10 Å². The van der Waals surface area contributed by atoms with Crippen molar-refractivity contribution in [2.45, 2.75) is 6.04 Å². The quantitative estimate of drug-likeness (QED) is 0.604. The number of carbonyl (C=O) groups is 2. The van der Waals surface area contributed by atoms with Crippen molar-refractivity contribution in [1.82, 2.24) is 15.1 Å². The molecule has 0 aliphatic carbocycles. The molecule has 1 amide bonds. The van der Waals surface area contributed by atoms with Crippen LogP contribution in [0.2, 0.25) is 0 Å². The summed E-state index contributed by atoms with van der Waals surface area (Å²) in [6, 6.07) is 2.53. The first-order valence-electron chi connectivity index (χ1n) is 5.93. The summed E-state index contributed by atoms with van der Waals surface area (Å²) in [6.45, 7) is 0. The molecular formula is C13H13N3O5. The fourth-order valence-corrected chi connectivity index (χ4v) is 1.80. The molecule has 0 spiro atoms. The highest BCUT2D eigenvalue weighted by molar-refractivity contribution is 5.99. The van der Waals surface area contributed by atoms with Crippen molar-refractivity contribution in [2.75, 3.05) is 0 Å². The monoisotopic (exact) mass is 291 g/mol. The number of para-hydroxylation sites is 1. The van der Waals surface area contributed by atoms with Crippen LogP contribution < -0.4 is 5.32 Å². The van der Waals surface area contributed by atoms with E-state index < -0.39 is 29.4 Å². The number of aryl methyl sites for hydroxylation is 1. The van der Waals surface area contributed by atoms with Gasteiger partial charge in [-0.15, -0.1) is 0 Å². The maximum Gasteiger partial charge on any atom is 0.331 e. The predicted octanol–water partition coefficient (Wildman–Crippen LogP) is 0.387. The first-order chi connectivity index (χ1) is 9.90. The minimum atomic E-state index is -1.31. The van der Waals surface area contributed by atoms with Gasteiger partial charge in [0.25, 0.3) is 5.91 Å². The van der Waals surface area contributed by atoms with E-state index in [0.717, 1.165) is 0 Å². The number of carboxylic acid groups (broad SMARTS) is 1. The van der Waals surface area contributed by atoms with E-state index in [9.17, 15) is 24.9 Å². The lowest BCUT2D eigenvalue weighted by Crippen LogP contribution is -2.33. The van der Waals surface area contributed by atoms with Crippen molar-refractivity contribution in [3.05, 3.63) is 41.7 Å². The van der Waals surface area contributed by atoms with Crippen LogP contribution in [-0.4, -0.2) is 37.0 Å². The Hall–Kier alpha value is -3.03. The molecule has 4 N–H and O–H groups in total. The molecular weight excluding hydrogens is 278 g/mol. The molecule has 0 saturated carbocycles. The first kappa shape index (κ1) is 14.4. The van der Waals surface area contributed by atoms with Gasteiger partial charge in [-0.25, -0.2) is 4.79 Å². The van der Waals surface area contributed by atoms with E-state index in [-0.39, 0.29) is 11.1 Å². The first-order valence-corrected chi connectivity index (χ1v) is 5.93.